The first-order valence-electron chi connectivity index (χ1n) is 15.7. The number of hydrogen-bond donors (Lipinski definition) is 4. The number of aromatic nitrogens is 3. The highest BCUT2D eigenvalue weighted by Crippen LogP contribution is 2.27. The molecule has 45 heavy (non-hydrogen) atoms. The number of benzene rings is 1. The van der Waals surface area contributed by atoms with Gasteiger partial charge in [-0.15, -0.1) is 0 Å². The Morgan fingerprint density at radius 3 is 2.56 bits per heavy atom. The number of nitrogens with one attached hydrogen (secondary N) is 2. The van der Waals surface area contributed by atoms with Gasteiger partial charge in [-0.25, -0.2) is 4.98 Å². The minimum absolute atomic E-state index is 0.0168. The van der Waals surface area contributed by atoms with E-state index in [0.717, 1.165) is 79.2 Å². The summed E-state index contributed by atoms with van der Waals surface area (Å²) in [6.07, 6.45) is 5.43. The highest BCUT2D eigenvalue weighted by Gasteiger charge is 2.22. The Kier molecular flexibility index (Phi) is 12.0. The zero-order chi connectivity index (χ0) is 32.3. The third-order valence-electron chi connectivity index (χ3n) is 8.09. The van der Waals surface area contributed by atoms with Gasteiger partial charge in [0.2, 0.25) is 17.8 Å². The SMILES string of the molecule is CCCCCNc1nc(N)nc2ccn(Cc3cc(CN4CCN(C(=O)CCNC(=O)C[C@@H](C)C(=O)O)CC4)ccc3OC)c12. The molecule has 0 unspecified atom stereocenters. The fourth-order valence-corrected chi connectivity index (χ4v) is 5.52. The van der Waals surface area contributed by atoms with Crippen LogP contribution in [0.1, 0.15) is 57.1 Å². The molecule has 244 valence electrons. The van der Waals surface area contributed by atoms with Gasteiger partial charge >= 0.3 is 5.97 Å². The van der Waals surface area contributed by atoms with Crippen LogP contribution in [0.25, 0.3) is 11.0 Å². The van der Waals surface area contributed by atoms with Gasteiger partial charge in [0, 0.05) is 70.4 Å². The molecule has 3 aromatic rings. The maximum absolute atomic E-state index is 12.7. The Bertz CT molecular complexity index is 1470. The molecule has 1 atom stereocenters. The number of nitrogen functional groups attached to an aromatic ring is 1. The van der Waals surface area contributed by atoms with Gasteiger partial charge in [-0.05, 0) is 30.2 Å². The van der Waals surface area contributed by atoms with Gasteiger partial charge < -0.3 is 35.7 Å². The number of carboxylic acid groups (broad SMARTS) is 1. The maximum Gasteiger partial charge on any atom is 0.306 e. The molecule has 0 saturated carbocycles. The van der Waals surface area contributed by atoms with E-state index < -0.39 is 11.9 Å². The van der Waals surface area contributed by atoms with Crippen LogP contribution in [0, 0.1) is 5.92 Å². The number of ether oxygens (including phenoxy) is 1. The lowest BCUT2D eigenvalue weighted by molar-refractivity contribution is -0.143. The van der Waals surface area contributed by atoms with Gasteiger partial charge in [0.25, 0.3) is 0 Å². The van der Waals surface area contributed by atoms with E-state index >= 15 is 0 Å². The van der Waals surface area contributed by atoms with E-state index in [4.69, 9.17) is 15.6 Å². The lowest BCUT2D eigenvalue weighted by Crippen LogP contribution is -2.48. The minimum atomic E-state index is -1.01. The van der Waals surface area contributed by atoms with Gasteiger partial charge in [0.1, 0.15) is 11.3 Å². The van der Waals surface area contributed by atoms with Crippen LogP contribution in [-0.4, -0.2) is 93.6 Å². The lowest BCUT2D eigenvalue weighted by Gasteiger charge is -2.35. The van der Waals surface area contributed by atoms with Crippen LogP contribution in [0.3, 0.4) is 0 Å². The molecule has 13 nitrogen and oxygen atoms in total. The van der Waals surface area contributed by atoms with E-state index in [2.05, 4.69) is 49.1 Å². The number of fused-ring (bicyclic) bond motifs is 1. The molecule has 5 N–H and O–H groups in total. The van der Waals surface area contributed by atoms with Crippen molar-refractivity contribution in [2.24, 2.45) is 5.92 Å². The Morgan fingerprint density at radius 2 is 1.84 bits per heavy atom. The fraction of sp³-hybridized carbons (Fsp3) is 0.531. The monoisotopic (exact) mass is 622 g/mol. The first-order valence-corrected chi connectivity index (χ1v) is 15.7. The van der Waals surface area contributed by atoms with Crippen LogP contribution >= 0.6 is 0 Å². The van der Waals surface area contributed by atoms with Gasteiger partial charge in [-0.1, -0.05) is 32.8 Å². The van der Waals surface area contributed by atoms with Crippen molar-refractivity contribution in [2.75, 3.05) is 57.4 Å². The molecule has 1 aliphatic heterocycles. The average Bonchev–Trinajstić information content (AvgIpc) is 3.41. The Balaban J connectivity index is 1.33. The number of carboxylic acids is 1. The molecule has 0 aliphatic carbocycles. The Hall–Kier alpha value is -4.39. The largest absolute Gasteiger partial charge is 0.496 e. The number of nitrogens with zero attached hydrogens (tertiary/aromatic N) is 5. The van der Waals surface area contributed by atoms with Crippen molar-refractivity contribution in [1.29, 1.82) is 0 Å². The highest BCUT2D eigenvalue weighted by atomic mass is 16.5. The topological polar surface area (TPSA) is 168 Å². The molecule has 13 heteroatoms. The molecular formula is C32H46N8O5. The molecule has 1 aliphatic rings. The molecule has 1 fully saturated rings. The molecule has 1 aromatic carbocycles. The van der Waals surface area contributed by atoms with E-state index in [1.54, 1.807) is 7.11 Å². The van der Waals surface area contributed by atoms with E-state index in [9.17, 15) is 14.4 Å². The van der Waals surface area contributed by atoms with Gasteiger partial charge in [-0.2, -0.15) is 4.98 Å². The number of unbranched alkanes of at least 4 members (excludes halogenated alkanes) is 2. The molecule has 1 saturated heterocycles. The molecule has 2 amide bonds. The van der Waals surface area contributed by atoms with E-state index in [0.29, 0.717) is 19.6 Å². The predicted molar refractivity (Wildman–Crippen MR) is 173 cm³/mol. The zero-order valence-electron chi connectivity index (χ0n) is 26.6. The number of carbonyl (C=O) groups excluding carboxylic acids is 2. The molecule has 0 spiro atoms. The summed E-state index contributed by atoms with van der Waals surface area (Å²) in [5, 5.41) is 15.0. The number of piperazine rings is 1. The summed E-state index contributed by atoms with van der Waals surface area (Å²) in [5.74, 6) is -0.366. The van der Waals surface area contributed by atoms with E-state index in [-0.39, 0.29) is 37.1 Å². The number of hydrogen-bond acceptors (Lipinski definition) is 9. The van der Waals surface area contributed by atoms with E-state index in [1.807, 2.05) is 23.2 Å². The molecule has 0 radical (unpaired) electrons. The second-order valence-electron chi connectivity index (χ2n) is 11.6. The smallest absolute Gasteiger partial charge is 0.306 e. The van der Waals surface area contributed by atoms with Crippen LogP contribution in [-0.2, 0) is 27.5 Å². The summed E-state index contributed by atoms with van der Waals surface area (Å²) < 4.78 is 7.84. The summed E-state index contributed by atoms with van der Waals surface area (Å²) >= 11 is 0. The maximum atomic E-state index is 12.7. The molecule has 3 heterocycles. The number of aliphatic carboxylic acids is 1. The second kappa shape index (κ2) is 16.1. The van der Waals surface area contributed by atoms with Crippen LogP contribution in [0.2, 0.25) is 0 Å². The first kappa shape index (κ1) is 33.5. The second-order valence-corrected chi connectivity index (χ2v) is 11.6. The standard InChI is InChI=1S/C32H46N8O5/c1-4-5-6-11-35-30-29-25(36-32(33)37-30)10-13-40(29)21-24-19-23(7-8-26(24)45-3)20-38-14-16-39(17-15-38)28(42)9-12-34-27(41)18-22(2)31(43)44/h7-8,10,13,19,22H,4-6,9,11-12,14-18,20-21H2,1-3H3,(H,34,41)(H,43,44)(H3,33,35,36,37)/t22-/m1/s1. The molecule has 2 aromatic heterocycles. The van der Waals surface area contributed by atoms with Crippen molar-refractivity contribution >= 4 is 40.6 Å². The van der Waals surface area contributed by atoms with Crippen LogP contribution in [0.4, 0.5) is 11.8 Å². The first-order chi connectivity index (χ1) is 21.7. The van der Waals surface area contributed by atoms with Crippen molar-refractivity contribution in [3.8, 4) is 5.75 Å². The third kappa shape index (κ3) is 9.30. The summed E-state index contributed by atoms with van der Waals surface area (Å²) in [4.78, 5) is 48.6. The molecule has 4 rings (SSSR count). The third-order valence-corrected chi connectivity index (χ3v) is 8.09. The summed E-state index contributed by atoms with van der Waals surface area (Å²) in [7, 11) is 1.68. The zero-order valence-corrected chi connectivity index (χ0v) is 26.6. The van der Waals surface area contributed by atoms with Crippen molar-refractivity contribution in [3.63, 3.8) is 0 Å². The van der Waals surface area contributed by atoms with Crippen molar-refractivity contribution in [1.82, 2.24) is 29.7 Å². The normalized spacial score (nSPS) is 14.3. The number of anilines is 2. The van der Waals surface area contributed by atoms with Crippen molar-refractivity contribution in [3.05, 3.63) is 41.6 Å². The van der Waals surface area contributed by atoms with Gasteiger partial charge in [0.15, 0.2) is 5.82 Å². The summed E-state index contributed by atoms with van der Waals surface area (Å²) in [5.41, 5.74) is 9.89. The molecular weight excluding hydrogens is 576 g/mol. The number of methoxy groups -OCH3 is 1. The van der Waals surface area contributed by atoms with Gasteiger partial charge in [0.05, 0.1) is 25.1 Å². The number of amides is 2. The summed E-state index contributed by atoms with van der Waals surface area (Å²) in [6.45, 7) is 8.69. The van der Waals surface area contributed by atoms with Crippen LogP contribution < -0.4 is 21.1 Å². The predicted octanol–water partition coefficient (Wildman–Crippen LogP) is 2.93. The average molecular weight is 623 g/mol. The van der Waals surface area contributed by atoms with Crippen LogP contribution in [0.15, 0.2) is 30.5 Å². The number of rotatable bonds is 16. The number of carbonyl (C=O) groups is 3. The van der Waals surface area contributed by atoms with Crippen LogP contribution in [0.5, 0.6) is 5.75 Å². The van der Waals surface area contributed by atoms with Crippen molar-refractivity contribution in [2.45, 2.75) is 59.0 Å². The quantitative estimate of drug-likeness (QED) is 0.174. The lowest BCUT2D eigenvalue weighted by atomic mass is 10.1. The number of nitrogens with two attached hydrogens (primary N) is 1. The molecule has 0 bridgehead atoms. The fourth-order valence-electron chi connectivity index (χ4n) is 5.52. The Labute approximate surface area is 264 Å². The van der Waals surface area contributed by atoms with Crippen molar-refractivity contribution < 1.29 is 24.2 Å². The van der Waals surface area contributed by atoms with E-state index in [1.165, 1.54) is 6.92 Å². The summed E-state index contributed by atoms with van der Waals surface area (Å²) in [6, 6.07) is 8.20. The highest BCUT2D eigenvalue weighted by molar-refractivity contribution is 5.87. The minimum Gasteiger partial charge on any atom is -0.496 e. The van der Waals surface area contributed by atoms with Gasteiger partial charge in [-0.3, -0.25) is 19.3 Å². The Morgan fingerprint density at radius 1 is 1.07 bits per heavy atom.